The van der Waals surface area contributed by atoms with Crippen LogP contribution >= 0.6 is 27.3 Å². The zero-order valence-electron chi connectivity index (χ0n) is 21.9. The van der Waals surface area contributed by atoms with Crippen molar-refractivity contribution >= 4 is 45.0 Å². The lowest BCUT2D eigenvalue weighted by molar-refractivity contribution is -0.138. The third-order valence-corrected chi connectivity index (χ3v) is 7.98. The molecule has 8 nitrogen and oxygen atoms in total. The predicted molar refractivity (Wildman–Crippen MR) is 156 cm³/mol. The van der Waals surface area contributed by atoms with Crippen LogP contribution in [0.2, 0.25) is 0 Å². The van der Waals surface area contributed by atoms with E-state index in [9.17, 15) is 14.7 Å². The van der Waals surface area contributed by atoms with Crippen LogP contribution in [0.25, 0.3) is 11.8 Å². The largest absolute Gasteiger partial charge is 0.507 e. The highest BCUT2D eigenvalue weighted by atomic mass is 79.9. The standard InChI is InChI=1S/C30H25BrN2O6S/c1-4-39-29(36)25-26(18-8-6-5-7-9-18)32-30-33(27(25)19-11-13-22(37-2)23(16-19)38-3)28(35)24(40-30)15-17-10-12-21(34)20(31)14-17/h5-16,27,34H,4H2,1-3H3/b24-15-/t27-/m0/s1. The fraction of sp³-hybridized carbons (Fsp3) is 0.167. The number of hydrogen-bond acceptors (Lipinski definition) is 8. The molecule has 4 aromatic rings. The number of methoxy groups -OCH3 is 2. The first-order valence-corrected chi connectivity index (χ1v) is 14.0. The number of fused-ring (bicyclic) bond motifs is 1. The predicted octanol–water partition coefficient (Wildman–Crippen LogP) is 4.42. The third kappa shape index (κ3) is 5.07. The first-order chi connectivity index (χ1) is 19.4. The van der Waals surface area contributed by atoms with Crippen LogP contribution in [0.4, 0.5) is 0 Å². The van der Waals surface area contributed by atoms with Gasteiger partial charge in [-0.15, -0.1) is 0 Å². The third-order valence-electron chi connectivity index (χ3n) is 6.37. The minimum atomic E-state index is -0.848. The molecule has 1 aliphatic rings. The molecule has 0 radical (unpaired) electrons. The van der Waals surface area contributed by atoms with E-state index >= 15 is 0 Å². The van der Waals surface area contributed by atoms with E-state index < -0.39 is 12.0 Å². The summed E-state index contributed by atoms with van der Waals surface area (Å²) in [6.45, 7) is 1.89. The van der Waals surface area contributed by atoms with Gasteiger partial charge in [-0.2, -0.15) is 0 Å². The van der Waals surface area contributed by atoms with Crippen molar-refractivity contribution in [2.45, 2.75) is 13.0 Å². The number of carbonyl (C=O) groups excluding carboxylic acids is 1. The molecule has 2 heterocycles. The number of halogens is 1. The Labute approximate surface area is 242 Å². The number of phenolic OH excluding ortho intramolecular Hbond substituents is 1. The van der Waals surface area contributed by atoms with Gasteiger partial charge >= 0.3 is 5.97 Å². The first kappa shape index (κ1) is 27.4. The monoisotopic (exact) mass is 620 g/mol. The van der Waals surface area contributed by atoms with E-state index in [1.807, 2.05) is 30.3 Å². The Morgan fingerprint density at radius 1 is 1.07 bits per heavy atom. The molecule has 0 saturated carbocycles. The quantitative estimate of drug-likeness (QED) is 0.307. The molecule has 1 aliphatic heterocycles. The van der Waals surface area contributed by atoms with Crippen LogP contribution < -0.4 is 24.4 Å². The molecule has 0 spiro atoms. The second-order valence-corrected chi connectivity index (χ2v) is 10.6. The molecular weight excluding hydrogens is 596 g/mol. The van der Waals surface area contributed by atoms with Gasteiger partial charge in [-0.1, -0.05) is 53.8 Å². The van der Waals surface area contributed by atoms with Gasteiger partial charge in [0.15, 0.2) is 16.3 Å². The number of ether oxygens (including phenoxy) is 3. The molecule has 204 valence electrons. The summed E-state index contributed by atoms with van der Waals surface area (Å²) in [7, 11) is 3.07. The van der Waals surface area contributed by atoms with E-state index in [0.29, 0.717) is 42.1 Å². The normalized spacial score (nSPS) is 14.9. The van der Waals surface area contributed by atoms with Crippen molar-refractivity contribution in [1.29, 1.82) is 0 Å². The zero-order chi connectivity index (χ0) is 28.4. The van der Waals surface area contributed by atoms with Gasteiger partial charge < -0.3 is 19.3 Å². The van der Waals surface area contributed by atoms with Crippen LogP contribution in [-0.4, -0.2) is 36.5 Å². The molecule has 5 rings (SSSR count). The van der Waals surface area contributed by atoms with Crippen molar-refractivity contribution in [2.75, 3.05) is 20.8 Å². The van der Waals surface area contributed by atoms with E-state index in [1.165, 1.54) is 23.0 Å². The van der Waals surface area contributed by atoms with Gasteiger partial charge in [-0.3, -0.25) is 9.36 Å². The molecule has 0 fully saturated rings. The zero-order valence-corrected chi connectivity index (χ0v) is 24.3. The molecule has 0 saturated heterocycles. The number of nitrogens with zero attached hydrogens (tertiary/aromatic N) is 2. The highest BCUT2D eigenvalue weighted by molar-refractivity contribution is 9.10. The Kier molecular flexibility index (Phi) is 7.90. The maximum Gasteiger partial charge on any atom is 0.338 e. The Morgan fingerprint density at radius 2 is 1.82 bits per heavy atom. The van der Waals surface area contributed by atoms with Gasteiger partial charge in [0.05, 0.1) is 47.1 Å². The maximum atomic E-state index is 14.0. The molecule has 1 atom stereocenters. The topological polar surface area (TPSA) is 99.4 Å². The second kappa shape index (κ2) is 11.5. The van der Waals surface area contributed by atoms with Crippen molar-refractivity contribution in [3.8, 4) is 17.2 Å². The van der Waals surface area contributed by atoms with Gasteiger partial charge in [-0.05, 0) is 64.3 Å². The lowest BCUT2D eigenvalue weighted by Gasteiger charge is -2.26. The van der Waals surface area contributed by atoms with Crippen molar-refractivity contribution in [3.63, 3.8) is 0 Å². The van der Waals surface area contributed by atoms with Crippen LogP contribution in [0.1, 0.15) is 29.7 Å². The highest BCUT2D eigenvalue weighted by Crippen LogP contribution is 2.38. The van der Waals surface area contributed by atoms with E-state index in [2.05, 4.69) is 15.9 Å². The summed E-state index contributed by atoms with van der Waals surface area (Å²) in [6, 6.07) is 18.8. The summed E-state index contributed by atoms with van der Waals surface area (Å²) in [5.74, 6) is 0.499. The van der Waals surface area contributed by atoms with Crippen molar-refractivity contribution in [3.05, 3.63) is 113 Å². The smallest absolute Gasteiger partial charge is 0.338 e. The summed E-state index contributed by atoms with van der Waals surface area (Å²) in [5, 5.41) is 9.89. The number of esters is 1. The maximum absolute atomic E-state index is 14.0. The number of rotatable bonds is 7. The lowest BCUT2D eigenvalue weighted by atomic mass is 9.93. The summed E-state index contributed by atoms with van der Waals surface area (Å²) < 4.78 is 18.9. The number of phenols is 1. The lowest BCUT2D eigenvalue weighted by Crippen LogP contribution is -2.40. The fourth-order valence-corrected chi connectivity index (χ4v) is 5.94. The second-order valence-electron chi connectivity index (χ2n) is 8.76. The van der Waals surface area contributed by atoms with Crippen LogP contribution in [0.3, 0.4) is 0 Å². The van der Waals surface area contributed by atoms with Crippen LogP contribution in [0.5, 0.6) is 17.2 Å². The molecule has 40 heavy (non-hydrogen) atoms. The molecule has 0 unspecified atom stereocenters. The van der Waals surface area contributed by atoms with Crippen molar-refractivity contribution < 1.29 is 24.1 Å². The van der Waals surface area contributed by atoms with Crippen LogP contribution in [0.15, 0.2) is 86.6 Å². The SMILES string of the molecule is CCOC(=O)C1=C(c2ccccc2)N=c2s/c(=C\c3ccc(O)c(Br)c3)c(=O)n2[C@H]1c1ccc(OC)c(OC)c1. The van der Waals surface area contributed by atoms with Gasteiger partial charge in [0.2, 0.25) is 0 Å². The van der Waals surface area contributed by atoms with Crippen LogP contribution in [0, 0.1) is 0 Å². The van der Waals surface area contributed by atoms with Gasteiger partial charge in [0, 0.05) is 5.56 Å². The molecule has 0 bridgehead atoms. The molecule has 0 amide bonds. The minimum absolute atomic E-state index is 0.0960. The molecule has 1 aromatic heterocycles. The summed E-state index contributed by atoms with van der Waals surface area (Å²) in [5.41, 5.74) is 2.41. The average Bonchev–Trinajstić information content (AvgIpc) is 3.28. The molecule has 1 N–H and O–H groups in total. The number of aromatic nitrogens is 1. The van der Waals surface area contributed by atoms with Gasteiger partial charge in [-0.25, -0.2) is 9.79 Å². The van der Waals surface area contributed by atoms with E-state index in [1.54, 1.807) is 56.5 Å². The average molecular weight is 622 g/mol. The highest BCUT2D eigenvalue weighted by Gasteiger charge is 2.35. The Hall–Kier alpha value is -4.15. The van der Waals surface area contributed by atoms with Crippen molar-refractivity contribution in [1.82, 2.24) is 4.57 Å². The van der Waals surface area contributed by atoms with E-state index in [-0.39, 0.29) is 23.5 Å². The number of benzene rings is 3. The number of hydrogen-bond donors (Lipinski definition) is 1. The van der Waals surface area contributed by atoms with E-state index in [0.717, 1.165) is 5.56 Å². The fourth-order valence-electron chi connectivity index (χ4n) is 4.54. The summed E-state index contributed by atoms with van der Waals surface area (Å²) >= 11 is 4.54. The first-order valence-electron chi connectivity index (χ1n) is 12.3. The van der Waals surface area contributed by atoms with Crippen molar-refractivity contribution in [2.24, 2.45) is 4.99 Å². The number of carbonyl (C=O) groups is 1. The minimum Gasteiger partial charge on any atom is -0.507 e. The Balaban J connectivity index is 1.84. The summed E-state index contributed by atoms with van der Waals surface area (Å²) in [4.78, 5) is 32.9. The van der Waals surface area contributed by atoms with Gasteiger partial charge in [0.25, 0.3) is 5.56 Å². The molecule has 0 aliphatic carbocycles. The Morgan fingerprint density at radius 3 is 2.50 bits per heavy atom. The summed E-state index contributed by atoms with van der Waals surface area (Å²) in [6.07, 6.45) is 1.73. The number of aromatic hydroxyl groups is 1. The van der Waals surface area contributed by atoms with Gasteiger partial charge in [0.1, 0.15) is 5.75 Å². The van der Waals surface area contributed by atoms with E-state index in [4.69, 9.17) is 19.2 Å². The number of thiazole rings is 1. The Bertz CT molecular complexity index is 1810. The van der Waals surface area contributed by atoms with Crippen LogP contribution in [-0.2, 0) is 9.53 Å². The molecule has 10 heteroatoms. The molecular formula is C30H25BrN2O6S. The molecule has 3 aromatic carbocycles.